The molecule has 0 N–H and O–H groups in total. The molecular weight excluding hydrogens is 286 g/mol. The second kappa shape index (κ2) is 6.62. The van der Waals surface area contributed by atoms with E-state index >= 15 is 0 Å². The van der Waals surface area contributed by atoms with Crippen LogP contribution in [0.2, 0.25) is 0 Å². The van der Waals surface area contributed by atoms with E-state index in [0.717, 1.165) is 23.6 Å². The van der Waals surface area contributed by atoms with Gasteiger partial charge in [-0.25, -0.2) is 0 Å². The van der Waals surface area contributed by atoms with Crippen LogP contribution in [-0.4, -0.2) is 45.9 Å². The van der Waals surface area contributed by atoms with Crippen LogP contribution in [0.4, 0.5) is 5.82 Å². The Morgan fingerprint density at radius 1 is 0.826 bits per heavy atom. The maximum atomic E-state index is 4.53. The normalized spacial score (nSPS) is 22.4. The Morgan fingerprint density at radius 2 is 1.61 bits per heavy atom. The van der Waals surface area contributed by atoms with Crippen LogP contribution in [0.1, 0.15) is 32.1 Å². The molecule has 2 saturated heterocycles. The monoisotopic (exact) mass is 309 g/mol. The largest absolute Gasteiger partial charge is 0.339 e. The maximum absolute atomic E-state index is 4.53. The average Bonchev–Trinajstić information content (AvgIpc) is 3.17. The molecule has 0 spiro atoms. The number of piperidine rings is 1. The van der Waals surface area contributed by atoms with Gasteiger partial charge in [-0.05, 0) is 56.4 Å². The lowest BCUT2D eigenvalue weighted by atomic mass is 10.1. The fourth-order valence-electron chi connectivity index (χ4n) is 3.76. The van der Waals surface area contributed by atoms with Crippen molar-refractivity contribution in [1.82, 2.24) is 20.1 Å². The summed E-state index contributed by atoms with van der Waals surface area (Å²) in [6.45, 7) is 3.54. The molecule has 0 aromatic carbocycles. The van der Waals surface area contributed by atoms with E-state index in [2.05, 4.69) is 37.1 Å². The first kappa shape index (κ1) is 14.6. The van der Waals surface area contributed by atoms with Gasteiger partial charge in [0, 0.05) is 37.6 Å². The first-order valence-electron chi connectivity index (χ1n) is 8.67. The summed E-state index contributed by atoms with van der Waals surface area (Å²) in [7, 11) is 0. The second-order valence-electron chi connectivity index (χ2n) is 6.43. The summed E-state index contributed by atoms with van der Waals surface area (Å²) < 4.78 is 0. The lowest BCUT2D eigenvalue weighted by Gasteiger charge is -2.41. The Labute approximate surface area is 137 Å². The van der Waals surface area contributed by atoms with E-state index in [1.165, 1.54) is 45.2 Å². The number of rotatable bonds is 3. The van der Waals surface area contributed by atoms with Gasteiger partial charge in [-0.15, -0.1) is 10.2 Å². The summed E-state index contributed by atoms with van der Waals surface area (Å²) >= 11 is 0. The van der Waals surface area contributed by atoms with Gasteiger partial charge in [-0.3, -0.25) is 9.88 Å². The van der Waals surface area contributed by atoms with E-state index in [-0.39, 0.29) is 0 Å². The lowest BCUT2D eigenvalue weighted by molar-refractivity contribution is 0.200. The minimum atomic E-state index is 0.507. The van der Waals surface area contributed by atoms with Crippen molar-refractivity contribution in [3.8, 4) is 11.3 Å². The molecule has 5 nitrogen and oxygen atoms in total. The summed E-state index contributed by atoms with van der Waals surface area (Å²) in [5, 5.41) is 8.98. The predicted molar refractivity (Wildman–Crippen MR) is 91.1 cm³/mol. The highest BCUT2D eigenvalue weighted by Gasteiger charge is 2.30. The van der Waals surface area contributed by atoms with Gasteiger partial charge in [0.25, 0.3) is 0 Å². The van der Waals surface area contributed by atoms with E-state index < -0.39 is 0 Å². The second-order valence-corrected chi connectivity index (χ2v) is 6.43. The molecule has 0 aliphatic carbocycles. The van der Waals surface area contributed by atoms with Gasteiger partial charge in [0.2, 0.25) is 0 Å². The van der Waals surface area contributed by atoms with Crippen LogP contribution in [0.3, 0.4) is 0 Å². The van der Waals surface area contributed by atoms with Crippen LogP contribution in [0.25, 0.3) is 11.3 Å². The highest BCUT2D eigenvalue weighted by molar-refractivity contribution is 5.58. The van der Waals surface area contributed by atoms with Crippen molar-refractivity contribution in [3.05, 3.63) is 36.7 Å². The smallest absolute Gasteiger partial charge is 0.152 e. The van der Waals surface area contributed by atoms with Crippen LogP contribution < -0.4 is 4.90 Å². The van der Waals surface area contributed by atoms with Gasteiger partial charge in [0.05, 0.1) is 11.9 Å². The van der Waals surface area contributed by atoms with Gasteiger partial charge in [-0.1, -0.05) is 0 Å². The van der Waals surface area contributed by atoms with Gasteiger partial charge in [-0.2, -0.15) is 0 Å². The molecule has 0 saturated carbocycles. The van der Waals surface area contributed by atoms with E-state index in [9.17, 15) is 0 Å². The third kappa shape index (κ3) is 3.06. The number of hydrogen-bond donors (Lipinski definition) is 0. The highest BCUT2D eigenvalue weighted by Crippen LogP contribution is 2.28. The van der Waals surface area contributed by atoms with Crippen molar-refractivity contribution in [2.45, 2.75) is 38.3 Å². The zero-order valence-electron chi connectivity index (χ0n) is 13.4. The number of nitrogens with zero attached hydrogens (tertiary/aromatic N) is 5. The number of likely N-dealkylation sites (tertiary alicyclic amines) is 1. The minimum absolute atomic E-state index is 0.507. The van der Waals surface area contributed by atoms with Gasteiger partial charge in [0.15, 0.2) is 5.82 Å². The quantitative estimate of drug-likeness (QED) is 0.872. The van der Waals surface area contributed by atoms with E-state index in [0.29, 0.717) is 6.17 Å². The summed E-state index contributed by atoms with van der Waals surface area (Å²) in [5.41, 5.74) is 1.97. The Balaban J connectivity index is 1.56. The Kier molecular flexibility index (Phi) is 4.20. The molecule has 2 aliphatic heterocycles. The molecule has 2 fully saturated rings. The van der Waals surface area contributed by atoms with Gasteiger partial charge < -0.3 is 4.90 Å². The van der Waals surface area contributed by atoms with Crippen LogP contribution in [0.15, 0.2) is 36.7 Å². The molecule has 5 heteroatoms. The fraction of sp³-hybridized carbons (Fsp3) is 0.500. The number of hydrogen-bond acceptors (Lipinski definition) is 5. The first-order valence-corrected chi connectivity index (χ1v) is 8.67. The molecule has 2 aliphatic rings. The highest BCUT2D eigenvalue weighted by atomic mass is 15.4. The topological polar surface area (TPSA) is 45.2 Å². The summed E-state index contributed by atoms with van der Waals surface area (Å²) in [6, 6.07) is 8.14. The van der Waals surface area contributed by atoms with Crippen molar-refractivity contribution in [3.63, 3.8) is 0 Å². The van der Waals surface area contributed by atoms with Crippen LogP contribution in [0.5, 0.6) is 0 Å². The van der Waals surface area contributed by atoms with Crippen molar-refractivity contribution in [1.29, 1.82) is 0 Å². The fourth-order valence-corrected chi connectivity index (χ4v) is 3.76. The lowest BCUT2D eigenvalue weighted by Crippen LogP contribution is -2.50. The van der Waals surface area contributed by atoms with Gasteiger partial charge >= 0.3 is 0 Å². The maximum Gasteiger partial charge on any atom is 0.152 e. The van der Waals surface area contributed by atoms with Crippen LogP contribution >= 0.6 is 0 Å². The molecule has 120 valence electrons. The molecule has 1 unspecified atom stereocenters. The van der Waals surface area contributed by atoms with E-state index in [4.69, 9.17) is 0 Å². The molecular formula is C18H23N5. The summed E-state index contributed by atoms with van der Waals surface area (Å²) in [6.07, 6.45) is 10.6. The SMILES string of the molecule is c1cc(-c2ccc(N3CCCCC3N3CCCC3)nn2)ccn1. The standard InChI is InChI=1S/C18H23N5/c1-2-14-23(18(5-1)22-12-3-4-13-22)17-7-6-16(20-21-17)15-8-10-19-11-9-15/h6-11,18H,1-5,12-14H2. The summed E-state index contributed by atoms with van der Waals surface area (Å²) in [4.78, 5) is 9.13. The van der Waals surface area contributed by atoms with Crippen molar-refractivity contribution in [2.24, 2.45) is 0 Å². The van der Waals surface area contributed by atoms with Crippen molar-refractivity contribution >= 4 is 5.82 Å². The van der Waals surface area contributed by atoms with Crippen LogP contribution in [0, 0.1) is 0 Å². The average molecular weight is 309 g/mol. The van der Waals surface area contributed by atoms with Crippen molar-refractivity contribution < 1.29 is 0 Å². The Morgan fingerprint density at radius 3 is 2.35 bits per heavy atom. The molecule has 0 radical (unpaired) electrons. The zero-order valence-corrected chi connectivity index (χ0v) is 13.4. The number of aromatic nitrogens is 3. The van der Waals surface area contributed by atoms with Crippen molar-refractivity contribution in [2.75, 3.05) is 24.5 Å². The Hall–Kier alpha value is -2.01. The van der Waals surface area contributed by atoms with Crippen LogP contribution in [-0.2, 0) is 0 Å². The zero-order chi connectivity index (χ0) is 15.5. The Bertz CT molecular complexity index is 622. The van der Waals surface area contributed by atoms with E-state index in [1.54, 1.807) is 12.4 Å². The molecule has 1 atom stereocenters. The molecule has 23 heavy (non-hydrogen) atoms. The molecule has 4 heterocycles. The number of anilines is 1. The predicted octanol–water partition coefficient (Wildman–Crippen LogP) is 2.95. The van der Waals surface area contributed by atoms with E-state index in [1.807, 2.05) is 12.1 Å². The molecule has 4 rings (SSSR count). The van der Waals surface area contributed by atoms with Gasteiger partial charge in [0.1, 0.15) is 0 Å². The first-order chi connectivity index (χ1) is 11.4. The minimum Gasteiger partial charge on any atom is -0.339 e. The summed E-state index contributed by atoms with van der Waals surface area (Å²) in [5.74, 6) is 1.01. The third-order valence-corrected chi connectivity index (χ3v) is 4.95. The number of pyridine rings is 1. The molecule has 0 amide bonds. The molecule has 2 aromatic heterocycles. The molecule has 2 aromatic rings. The third-order valence-electron chi connectivity index (χ3n) is 4.95. The molecule has 0 bridgehead atoms.